The van der Waals surface area contributed by atoms with Gasteiger partial charge in [0.05, 0.1) is 5.69 Å². The first-order valence-electron chi connectivity index (χ1n) is 8.43. The molecule has 0 aliphatic carbocycles. The summed E-state index contributed by atoms with van der Waals surface area (Å²) in [6, 6.07) is 21.9. The first-order chi connectivity index (χ1) is 13.1. The van der Waals surface area contributed by atoms with Gasteiger partial charge in [-0.05, 0) is 48.9 Å². The highest BCUT2D eigenvalue weighted by molar-refractivity contribution is 6.31. The number of halogens is 1. The molecule has 0 spiro atoms. The molecule has 1 N–H and O–H groups in total. The average molecular weight is 378 g/mol. The maximum absolute atomic E-state index is 12.7. The Morgan fingerprint density at radius 2 is 1.81 bits per heavy atom. The van der Waals surface area contributed by atoms with E-state index in [1.807, 2.05) is 55.5 Å². The molecule has 1 amide bonds. The Labute approximate surface area is 161 Å². The fraction of sp³-hybridized carbons (Fsp3) is 0.0455. The number of carbonyl (C=O) groups excluding carboxylic acids is 1. The van der Waals surface area contributed by atoms with Crippen LogP contribution in [0.15, 0.2) is 77.2 Å². The largest absolute Gasteiger partial charge is 0.455 e. The van der Waals surface area contributed by atoms with Gasteiger partial charge in [-0.15, -0.1) is 0 Å². The Bertz CT molecular complexity index is 1120. The number of hydrogen-bond acceptors (Lipinski definition) is 3. The number of anilines is 1. The predicted octanol–water partition coefficient (Wildman–Crippen LogP) is 6.44. The molecule has 0 aliphatic heterocycles. The van der Waals surface area contributed by atoms with Gasteiger partial charge in [0.25, 0.3) is 5.91 Å². The van der Waals surface area contributed by atoms with Crippen LogP contribution in [-0.4, -0.2) is 5.91 Å². The van der Waals surface area contributed by atoms with Gasteiger partial charge < -0.3 is 14.5 Å². The monoisotopic (exact) mass is 377 g/mol. The molecule has 1 heterocycles. The standard InChI is InChI=1S/C22H16ClNO3/c1-14-6-5-7-15-12-20(27-21(14)15)22(25)24-18-13-16(23)10-11-19(18)26-17-8-3-2-4-9-17/h2-13H,1H3,(H,24,25). The van der Waals surface area contributed by atoms with Crippen LogP contribution in [0.2, 0.25) is 5.02 Å². The molecular weight excluding hydrogens is 362 g/mol. The first kappa shape index (κ1) is 17.2. The molecule has 0 radical (unpaired) electrons. The Kier molecular flexibility index (Phi) is 4.57. The van der Waals surface area contributed by atoms with Crippen LogP contribution < -0.4 is 10.1 Å². The number of carbonyl (C=O) groups is 1. The normalized spacial score (nSPS) is 10.7. The molecular formula is C22H16ClNO3. The highest BCUT2D eigenvalue weighted by Gasteiger charge is 2.16. The number of hydrogen-bond donors (Lipinski definition) is 1. The lowest BCUT2D eigenvalue weighted by molar-refractivity contribution is 0.0998. The molecule has 4 rings (SSSR count). The first-order valence-corrected chi connectivity index (χ1v) is 8.81. The van der Waals surface area contributed by atoms with Crippen molar-refractivity contribution in [3.8, 4) is 11.5 Å². The third-order valence-corrected chi connectivity index (χ3v) is 4.36. The van der Waals surface area contributed by atoms with Crippen molar-refractivity contribution in [3.63, 3.8) is 0 Å². The van der Waals surface area contributed by atoms with Gasteiger partial charge in [0, 0.05) is 10.4 Å². The van der Waals surface area contributed by atoms with Crippen LogP contribution in [-0.2, 0) is 0 Å². The van der Waals surface area contributed by atoms with Gasteiger partial charge in [-0.3, -0.25) is 4.79 Å². The Balaban J connectivity index is 1.63. The van der Waals surface area contributed by atoms with Crippen LogP contribution in [0.3, 0.4) is 0 Å². The summed E-state index contributed by atoms with van der Waals surface area (Å²) in [5.41, 5.74) is 2.14. The lowest BCUT2D eigenvalue weighted by Crippen LogP contribution is -2.11. The second-order valence-electron chi connectivity index (χ2n) is 6.11. The van der Waals surface area contributed by atoms with Crippen molar-refractivity contribution in [1.82, 2.24) is 0 Å². The molecule has 3 aromatic carbocycles. The van der Waals surface area contributed by atoms with E-state index in [9.17, 15) is 4.79 Å². The van der Waals surface area contributed by atoms with E-state index in [0.29, 0.717) is 27.8 Å². The Morgan fingerprint density at radius 3 is 2.59 bits per heavy atom. The lowest BCUT2D eigenvalue weighted by Gasteiger charge is -2.12. The summed E-state index contributed by atoms with van der Waals surface area (Å²) in [5, 5.41) is 4.20. The molecule has 134 valence electrons. The molecule has 0 fully saturated rings. The van der Waals surface area contributed by atoms with E-state index in [-0.39, 0.29) is 11.7 Å². The Morgan fingerprint density at radius 1 is 1.00 bits per heavy atom. The van der Waals surface area contributed by atoms with Crippen molar-refractivity contribution in [3.05, 3.63) is 89.1 Å². The van der Waals surface area contributed by atoms with Crippen molar-refractivity contribution in [2.45, 2.75) is 6.92 Å². The molecule has 0 unspecified atom stereocenters. The zero-order valence-corrected chi connectivity index (χ0v) is 15.3. The van der Waals surface area contributed by atoms with Gasteiger partial charge in [0.1, 0.15) is 11.3 Å². The van der Waals surface area contributed by atoms with Gasteiger partial charge in [0.2, 0.25) is 0 Å². The minimum Gasteiger partial charge on any atom is -0.455 e. The summed E-state index contributed by atoms with van der Waals surface area (Å²) < 4.78 is 11.6. The Hall–Kier alpha value is -3.24. The SMILES string of the molecule is Cc1cccc2cc(C(=O)Nc3cc(Cl)ccc3Oc3ccccc3)oc12. The maximum atomic E-state index is 12.7. The van der Waals surface area contributed by atoms with E-state index in [1.165, 1.54) is 0 Å². The van der Waals surface area contributed by atoms with Crippen LogP contribution in [0.4, 0.5) is 5.69 Å². The summed E-state index contributed by atoms with van der Waals surface area (Å²) in [7, 11) is 0. The van der Waals surface area contributed by atoms with E-state index >= 15 is 0 Å². The number of benzene rings is 3. The van der Waals surface area contributed by atoms with Crippen LogP contribution in [0.25, 0.3) is 11.0 Å². The second kappa shape index (κ2) is 7.17. The minimum absolute atomic E-state index is 0.227. The summed E-state index contributed by atoms with van der Waals surface area (Å²) >= 11 is 6.10. The number of aryl methyl sites for hydroxylation is 1. The summed E-state index contributed by atoms with van der Waals surface area (Å²) in [5.74, 6) is 1.01. The number of fused-ring (bicyclic) bond motifs is 1. The fourth-order valence-corrected chi connectivity index (χ4v) is 2.98. The quantitative estimate of drug-likeness (QED) is 0.445. The van der Waals surface area contributed by atoms with E-state index in [2.05, 4.69) is 5.32 Å². The zero-order valence-electron chi connectivity index (χ0n) is 14.5. The van der Waals surface area contributed by atoms with Crippen molar-refractivity contribution in [1.29, 1.82) is 0 Å². The van der Waals surface area contributed by atoms with Crippen molar-refractivity contribution < 1.29 is 13.9 Å². The maximum Gasteiger partial charge on any atom is 0.291 e. The summed E-state index contributed by atoms with van der Waals surface area (Å²) in [6.07, 6.45) is 0. The number of nitrogens with one attached hydrogen (secondary N) is 1. The highest BCUT2D eigenvalue weighted by atomic mass is 35.5. The van der Waals surface area contributed by atoms with E-state index < -0.39 is 0 Å². The fourth-order valence-electron chi connectivity index (χ4n) is 2.81. The number of furan rings is 1. The molecule has 5 heteroatoms. The van der Waals surface area contributed by atoms with Gasteiger partial charge in [0.15, 0.2) is 11.5 Å². The third-order valence-electron chi connectivity index (χ3n) is 4.13. The molecule has 4 aromatic rings. The van der Waals surface area contributed by atoms with E-state index in [1.54, 1.807) is 24.3 Å². The smallest absolute Gasteiger partial charge is 0.291 e. The van der Waals surface area contributed by atoms with Crippen LogP contribution in [0, 0.1) is 6.92 Å². The van der Waals surface area contributed by atoms with Crippen LogP contribution in [0.5, 0.6) is 11.5 Å². The van der Waals surface area contributed by atoms with Crippen molar-refractivity contribution in [2.24, 2.45) is 0 Å². The summed E-state index contributed by atoms with van der Waals surface area (Å²) in [6.45, 7) is 1.94. The number of ether oxygens (including phenoxy) is 1. The minimum atomic E-state index is -0.370. The van der Waals surface area contributed by atoms with Gasteiger partial charge in [-0.25, -0.2) is 0 Å². The van der Waals surface area contributed by atoms with Crippen LogP contribution >= 0.6 is 11.6 Å². The number of rotatable bonds is 4. The third kappa shape index (κ3) is 3.66. The van der Waals surface area contributed by atoms with E-state index in [4.69, 9.17) is 20.8 Å². The number of para-hydroxylation sites is 2. The highest BCUT2D eigenvalue weighted by Crippen LogP contribution is 2.33. The van der Waals surface area contributed by atoms with Gasteiger partial charge >= 0.3 is 0 Å². The lowest BCUT2D eigenvalue weighted by atomic mass is 10.2. The average Bonchev–Trinajstić information content (AvgIpc) is 3.11. The molecule has 0 saturated heterocycles. The molecule has 27 heavy (non-hydrogen) atoms. The van der Waals surface area contributed by atoms with Crippen molar-refractivity contribution in [2.75, 3.05) is 5.32 Å². The van der Waals surface area contributed by atoms with Gasteiger partial charge in [-0.2, -0.15) is 0 Å². The predicted molar refractivity (Wildman–Crippen MR) is 107 cm³/mol. The van der Waals surface area contributed by atoms with Crippen molar-refractivity contribution >= 4 is 34.2 Å². The molecule has 0 atom stereocenters. The molecule has 0 aliphatic rings. The second-order valence-corrected chi connectivity index (χ2v) is 6.55. The molecule has 0 saturated carbocycles. The molecule has 0 bridgehead atoms. The number of amides is 1. The van der Waals surface area contributed by atoms with Gasteiger partial charge in [-0.1, -0.05) is 48.0 Å². The molecule has 1 aromatic heterocycles. The zero-order chi connectivity index (χ0) is 18.8. The molecule has 4 nitrogen and oxygen atoms in total. The topological polar surface area (TPSA) is 51.5 Å². The summed E-state index contributed by atoms with van der Waals surface area (Å²) in [4.78, 5) is 12.7. The van der Waals surface area contributed by atoms with Crippen LogP contribution in [0.1, 0.15) is 16.1 Å². The van der Waals surface area contributed by atoms with E-state index in [0.717, 1.165) is 10.9 Å².